The summed E-state index contributed by atoms with van der Waals surface area (Å²) < 4.78 is 0. The van der Waals surface area contributed by atoms with Crippen LogP contribution in [-0.4, -0.2) is 11.6 Å². The lowest BCUT2D eigenvalue weighted by Crippen LogP contribution is -2.51. The molecular formula is C21H30O2. The van der Waals surface area contributed by atoms with E-state index in [0.717, 1.165) is 43.4 Å². The molecule has 0 aromatic carbocycles. The Bertz CT molecular complexity index is 589. The van der Waals surface area contributed by atoms with Gasteiger partial charge < -0.3 is 0 Å². The first-order valence-electron chi connectivity index (χ1n) is 9.60. The highest BCUT2D eigenvalue weighted by Gasteiger charge is 2.59. The minimum Gasteiger partial charge on any atom is -0.300 e. The zero-order chi connectivity index (χ0) is 16.4. The third-order valence-corrected chi connectivity index (χ3v) is 8.45. The molecule has 0 aromatic rings. The smallest absolute Gasteiger partial charge is 0.155 e. The largest absolute Gasteiger partial charge is 0.300 e. The molecule has 4 rings (SSSR count). The van der Waals surface area contributed by atoms with Gasteiger partial charge in [0, 0.05) is 12.3 Å². The van der Waals surface area contributed by atoms with Crippen LogP contribution in [0.4, 0.5) is 0 Å². The predicted octanol–water partition coefficient (Wildman–Crippen LogP) is 4.72. The Morgan fingerprint density at radius 2 is 1.83 bits per heavy atom. The fourth-order valence-electron chi connectivity index (χ4n) is 7.23. The Balaban J connectivity index is 1.67. The molecule has 0 amide bonds. The summed E-state index contributed by atoms with van der Waals surface area (Å²) in [4.78, 5) is 24.0. The molecule has 126 valence electrons. The van der Waals surface area contributed by atoms with Crippen LogP contribution in [0.5, 0.6) is 0 Å². The van der Waals surface area contributed by atoms with E-state index < -0.39 is 0 Å². The molecule has 0 N–H and O–H groups in total. The summed E-state index contributed by atoms with van der Waals surface area (Å²) in [5.41, 5.74) is 1.95. The normalized spacial score (nSPS) is 49.0. The number of carbonyl (C=O) groups excluding carboxylic acids is 2. The van der Waals surface area contributed by atoms with Crippen molar-refractivity contribution in [3.05, 3.63) is 11.6 Å². The molecule has 0 aromatic heterocycles. The number of hydrogen-bond acceptors (Lipinski definition) is 2. The van der Waals surface area contributed by atoms with E-state index in [1.165, 1.54) is 31.3 Å². The van der Waals surface area contributed by atoms with Gasteiger partial charge in [-0.1, -0.05) is 19.4 Å². The van der Waals surface area contributed by atoms with Crippen molar-refractivity contribution < 1.29 is 9.59 Å². The second-order valence-corrected chi connectivity index (χ2v) is 9.25. The molecule has 0 spiro atoms. The van der Waals surface area contributed by atoms with Crippen LogP contribution in [0.3, 0.4) is 0 Å². The van der Waals surface area contributed by atoms with Gasteiger partial charge in [0.05, 0.1) is 0 Å². The minimum atomic E-state index is 0.245. The van der Waals surface area contributed by atoms with Crippen molar-refractivity contribution in [2.45, 2.75) is 72.1 Å². The first-order chi connectivity index (χ1) is 10.9. The summed E-state index contributed by atoms with van der Waals surface area (Å²) >= 11 is 0. The Kier molecular flexibility index (Phi) is 3.42. The molecular weight excluding hydrogens is 286 g/mol. The summed E-state index contributed by atoms with van der Waals surface area (Å²) in [5, 5.41) is 0. The third-order valence-electron chi connectivity index (χ3n) is 8.45. The van der Waals surface area contributed by atoms with Crippen LogP contribution in [0, 0.1) is 34.5 Å². The topological polar surface area (TPSA) is 34.1 Å². The van der Waals surface area contributed by atoms with Gasteiger partial charge in [-0.2, -0.15) is 0 Å². The molecule has 0 saturated heterocycles. The Hall–Kier alpha value is -0.920. The molecule has 2 nitrogen and oxygen atoms in total. The predicted molar refractivity (Wildman–Crippen MR) is 90.9 cm³/mol. The number of ketones is 2. The number of hydrogen-bond donors (Lipinski definition) is 0. The van der Waals surface area contributed by atoms with Crippen LogP contribution < -0.4 is 0 Å². The number of rotatable bonds is 1. The molecule has 2 heteroatoms. The van der Waals surface area contributed by atoms with Crippen molar-refractivity contribution in [3.63, 3.8) is 0 Å². The highest BCUT2D eigenvalue weighted by atomic mass is 16.1. The van der Waals surface area contributed by atoms with Gasteiger partial charge >= 0.3 is 0 Å². The average molecular weight is 316 g/mol. The van der Waals surface area contributed by atoms with E-state index in [1.807, 2.05) is 6.08 Å². The van der Waals surface area contributed by atoms with Gasteiger partial charge in [-0.25, -0.2) is 0 Å². The third kappa shape index (κ3) is 2.06. The van der Waals surface area contributed by atoms with Crippen molar-refractivity contribution in [1.29, 1.82) is 0 Å². The van der Waals surface area contributed by atoms with Crippen LogP contribution in [0.25, 0.3) is 0 Å². The Morgan fingerprint density at radius 1 is 1.04 bits per heavy atom. The second kappa shape index (κ2) is 5.04. The summed E-state index contributed by atoms with van der Waals surface area (Å²) in [7, 11) is 0. The second-order valence-electron chi connectivity index (χ2n) is 9.25. The van der Waals surface area contributed by atoms with Crippen molar-refractivity contribution in [3.8, 4) is 0 Å². The molecule has 6 atom stereocenters. The lowest BCUT2D eigenvalue weighted by molar-refractivity contribution is -0.128. The van der Waals surface area contributed by atoms with Crippen molar-refractivity contribution >= 4 is 11.6 Å². The summed E-state index contributed by atoms with van der Waals surface area (Å²) in [6.07, 6.45) is 10.9. The van der Waals surface area contributed by atoms with Crippen LogP contribution in [-0.2, 0) is 9.59 Å². The highest BCUT2D eigenvalue weighted by Crippen LogP contribution is 2.66. The van der Waals surface area contributed by atoms with E-state index in [1.54, 1.807) is 6.92 Å². The Morgan fingerprint density at radius 3 is 2.57 bits per heavy atom. The lowest BCUT2D eigenvalue weighted by Gasteiger charge is -2.58. The fraction of sp³-hybridized carbons (Fsp3) is 0.810. The van der Waals surface area contributed by atoms with Crippen molar-refractivity contribution in [2.24, 2.45) is 34.5 Å². The Labute approximate surface area is 140 Å². The van der Waals surface area contributed by atoms with Crippen molar-refractivity contribution in [1.82, 2.24) is 0 Å². The molecule has 23 heavy (non-hydrogen) atoms. The molecule has 3 fully saturated rings. The van der Waals surface area contributed by atoms with Gasteiger partial charge in [0.15, 0.2) is 5.78 Å². The molecule has 3 saturated carbocycles. The van der Waals surface area contributed by atoms with E-state index in [-0.39, 0.29) is 10.8 Å². The van der Waals surface area contributed by atoms with E-state index in [9.17, 15) is 9.59 Å². The fourth-order valence-corrected chi connectivity index (χ4v) is 7.23. The van der Waals surface area contributed by atoms with Crippen LogP contribution in [0.2, 0.25) is 0 Å². The maximum absolute atomic E-state index is 12.1. The monoisotopic (exact) mass is 316 g/mol. The molecule has 4 aliphatic rings. The van der Waals surface area contributed by atoms with Gasteiger partial charge in [0.2, 0.25) is 0 Å². The molecule has 0 aliphatic heterocycles. The number of Topliss-reactive ketones (excluding diaryl/α,β-unsaturated/α-hetero) is 1. The van der Waals surface area contributed by atoms with Gasteiger partial charge in [-0.05, 0) is 86.5 Å². The molecule has 0 bridgehead atoms. The van der Waals surface area contributed by atoms with Gasteiger partial charge in [-0.15, -0.1) is 0 Å². The SMILES string of the molecule is CC(=O)[C@H]1CC[C@H]2[C@@H]3CCC4=CC(=O)[13CH2][13CH2][C@]4(C)[C@H]3CC[C@]12C. The first kappa shape index (κ1) is 15.6. The molecule has 0 heterocycles. The zero-order valence-corrected chi connectivity index (χ0v) is 14.9. The van der Waals surface area contributed by atoms with E-state index >= 15 is 0 Å². The minimum absolute atomic E-state index is 0.245. The average Bonchev–Trinajstić information content (AvgIpc) is 2.85. The number of allylic oxidation sites excluding steroid dienone is 1. The van der Waals surface area contributed by atoms with E-state index in [2.05, 4.69) is 13.8 Å². The number of carbonyl (C=O) groups is 2. The summed E-state index contributed by atoms with van der Waals surface area (Å²) in [5.74, 6) is 3.29. The maximum atomic E-state index is 12.1. The quantitative estimate of drug-likeness (QED) is 0.656. The van der Waals surface area contributed by atoms with E-state index in [0.29, 0.717) is 17.5 Å². The van der Waals surface area contributed by atoms with Gasteiger partial charge in [0.1, 0.15) is 5.78 Å². The zero-order valence-electron chi connectivity index (χ0n) is 14.9. The van der Waals surface area contributed by atoms with E-state index in [4.69, 9.17) is 0 Å². The van der Waals surface area contributed by atoms with Crippen LogP contribution >= 0.6 is 0 Å². The first-order valence-corrected chi connectivity index (χ1v) is 9.60. The molecule has 0 radical (unpaired) electrons. The summed E-state index contributed by atoms with van der Waals surface area (Å²) in [6.45, 7) is 6.65. The lowest BCUT2D eigenvalue weighted by atomic mass is 9.49. The molecule has 4 aliphatic carbocycles. The number of fused-ring (bicyclic) bond motifs is 5. The summed E-state index contributed by atoms with van der Waals surface area (Å²) in [6, 6.07) is 0. The van der Waals surface area contributed by atoms with Gasteiger partial charge in [-0.3, -0.25) is 9.59 Å². The van der Waals surface area contributed by atoms with Crippen LogP contribution in [0.1, 0.15) is 72.1 Å². The van der Waals surface area contributed by atoms with Crippen molar-refractivity contribution in [2.75, 3.05) is 0 Å². The van der Waals surface area contributed by atoms with Gasteiger partial charge in [0.25, 0.3) is 0 Å². The van der Waals surface area contributed by atoms with Crippen LogP contribution in [0.15, 0.2) is 11.6 Å². The highest BCUT2D eigenvalue weighted by molar-refractivity contribution is 5.91. The molecule has 0 unspecified atom stereocenters. The maximum Gasteiger partial charge on any atom is 0.155 e. The standard InChI is InChI=1S/C21H30O2/c1-13(22)17-6-7-18-16-5-4-14-12-15(23)8-10-20(14,2)19(16)9-11-21(17,18)3/h12,16-19H,4-11H2,1-3H3/t16-,17+,18-,19-,20-,21+/m0/s1/i8+1,10+1.